The maximum Gasteiger partial charge on any atom is 0.191 e. The molecule has 1 aliphatic rings. The van der Waals surface area contributed by atoms with Crippen molar-refractivity contribution in [2.45, 2.75) is 12.6 Å². The predicted octanol–water partition coefficient (Wildman–Crippen LogP) is 3.19. The number of methoxy groups -OCH3 is 1. The SMILES string of the molecule is CN=C(NCc1ccc(F)cc1)NCC(c1ccc(OC)cc1)N1CCOCC1.I. The first-order valence-electron chi connectivity index (χ1n) is 9.84. The fraction of sp³-hybridized carbons (Fsp3) is 0.409. The van der Waals surface area contributed by atoms with E-state index in [1.807, 2.05) is 12.1 Å². The Labute approximate surface area is 194 Å². The first-order chi connectivity index (χ1) is 14.2. The summed E-state index contributed by atoms with van der Waals surface area (Å²) in [4.78, 5) is 6.74. The van der Waals surface area contributed by atoms with E-state index in [1.54, 1.807) is 26.3 Å². The number of aliphatic imine (C=N–C) groups is 1. The highest BCUT2D eigenvalue weighted by atomic mass is 127. The first kappa shape index (κ1) is 24.4. The molecule has 1 heterocycles. The van der Waals surface area contributed by atoms with Crippen LogP contribution >= 0.6 is 24.0 Å². The summed E-state index contributed by atoms with van der Waals surface area (Å²) in [6.45, 7) is 4.54. The van der Waals surface area contributed by atoms with E-state index in [-0.39, 0.29) is 35.8 Å². The molecule has 0 aliphatic carbocycles. The summed E-state index contributed by atoms with van der Waals surface area (Å²) in [7, 11) is 3.42. The molecule has 2 N–H and O–H groups in total. The van der Waals surface area contributed by atoms with Crippen molar-refractivity contribution in [3.05, 3.63) is 65.5 Å². The molecule has 1 aliphatic heterocycles. The van der Waals surface area contributed by atoms with Gasteiger partial charge in [0.1, 0.15) is 11.6 Å². The second kappa shape index (κ2) is 12.7. The third-order valence-corrected chi connectivity index (χ3v) is 5.05. The highest BCUT2D eigenvalue weighted by Gasteiger charge is 2.23. The molecule has 6 nitrogen and oxygen atoms in total. The second-order valence-corrected chi connectivity index (χ2v) is 6.87. The van der Waals surface area contributed by atoms with Crippen LogP contribution in [-0.2, 0) is 11.3 Å². The molecule has 0 spiro atoms. The van der Waals surface area contributed by atoms with Gasteiger partial charge in [0.05, 0.1) is 26.4 Å². The molecular weight excluding hydrogens is 498 g/mol. The molecule has 0 amide bonds. The second-order valence-electron chi connectivity index (χ2n) is 6.87. The van der Waals surface area contributed by atoms with Crippen molar-refractivity contribution in [1.82, 2.24) is 15.5 Å². The number of nitrogens with one attached hydrogen (secondary N) is 2. The topological polar surface area (TPSA) is 58.1 Å². The maximum atomic E-state index is 13.1. The third kappa shape index (κ3) is 7.10. The molecule has 30 heavy (non-hydrogen) atoms. The molecule has 0 aromatic heterocycles. The van der Waals surface area contributed by atoms with Crippen molar-refractivity contribution >= 4 is 29.9 Å². The fourth-order valence-electron chi connectivity index (χ4n) is 3.37. The van der Waals surface area contributed by atoms with Crippen molar-refractivity contribution < 1.29 is 13.9 Å². The lowest BCUT2D eigenvalue weighted by atomic mass is 10.0. The van der Waals surface area contributed by atoms with Gasteiger partial charge in [0.2, 0.25) is 0 Å². The van der Waals surface area contributed by atoms with Gasteiger partial charge in [-0.25, -0.2) is 4.39 Å². The van der Waals surface area contributed by atoms with E-state index in [4.69, 9.17) is 9.47 Å². The molecule has 1 unspecified atom stereocenters. The average molecular weight is 528 g/mol. The van der Waals surface area contributed by atoms with Gasteiger partial charge in [-0.1, -0.05) is 24.3 Å². The number of hydrogen-bond donors (Lipinski definition) is 2. The third-order valence-electron chi connectivity index (χ3n) is 5.05. The van der Waals surface area contributed by atoms with Crippen LogP contribution in [0.4, 0.5) is 4.39 Å². The van der Waals surface area contributed by atoms with Crippen LogP contribution in [0.15, 0.2) is 53.5 Å². The van der Waals surface area contributed by atoms with Gasteiger partial charge in [0.15, 0.2) is 5.96 Å². The van der Waals surface area contributed by atoms with Crippen LogP contribution in [0, 0.1) is 5.82 Å². The number of guanidine groups is 1. The molecular formula is C22H30FIN4O2. The smallest absolute Gasteiger partial charge is 0.191 e. The lowest BCUT2D eigenvalue weighted by Crippen LogP contribution is -2.46. The Morgan fingerprint density at radius 2 is 1.77 bits per heavy atom. The van der Waals surface area contributed by atoms with Crippen molar-refractivity contribution in [2.75, 3.05) is 47.0 Å². The number of morpholine rings is 1. The Bertz CT molecular complexity index is 781. The minimum atomic E-state index is -0.232. The Morgan fingerprint density at radius 3 is 2.37 bits per heavy atom. The summed E-state index contributed by atoms with van der Waals surface area (Å²) < 4.78 is 23.9. The van der Waals surface area contributed by atoms with Crippen molar-refractivity contribution in [3.8, 4) is 5.75 Å². The van der Waals surface area contributed by atoms with Gasteiger partial charge < -0.3 is 20.1 Å². The van der Waals surface area contributed by atoms with E-state index < -0.39 is 0 Å². The Kier molecular flexibility index (Phi) is 10.3. The van der Waals surface area contributed by atoms with Crippen LogP contribution in [0.25, 0.3) is 0 Å². The minimum absolute atomic E-state index is 0. The van der Waals surface area contributed by atoms with Gasteiger partial charge in [-0.15, -0.1) is 24.0 Å². The number of halogens is 2. The molecule has 8 heteroatoms. The van der Waals surface area contributed by atoms with Gasteiger partial charge in [0.25, 0.3) is 0 Å². The van der Waals surface area contributed by atoms with Gasteiger partial charge in [0, 0.05) is 33.2 Å². The van der Waals surface area contributed by atoms with Crippen LogP contribution in [0.2, 0.25) is 0 Å². The van der Waals surface area contributed by atoms with Crippen LogP contribution in [-0.4, -0.2) is 57.9 Å². The molecule has 2 aromatic rings. The Morgan fingerprint density at radius 1 is 1.10 bits per heavy atom. The zero-order valence-corrected chi connectivity index (χ0v) is 19.8. The molecule has 0 saturated carbocycles. The summed E-state index contributed by atoms with van der Waals surface area (Å²) in [6, 6.07) is 14.8. The van der Waals surface area contributed by atoms with Crippen molar-refractivity contribution in [1.29, 1.82) is 0 Å². The van der Waals surface area contributed by atoms with Gasteiger partial charge in [-0.3, -0.25) is 9.89 Å². The molecule has 164 valence electrons. The van der Waals surface area contributed by atoms with Crippen molar-refractivity contribution in [3.63, 3.8) is 0 Å². The lowest BCUT2D eigenvalue weighted by Gasteiger charge is -2.35. The zero-order chi connectivity index (χ0) is 20.5. The van der Waals surface area contributed by atoms with E-state index in [9.17, 15) is 4.39 Å². The number of rotatable bonds is 7. The lowest BCUT2D eigenvalue weighted by molar-refractivity contribution is 0.0170. The number of nitrogens with zero attached hydrogens (tertiary/aromatic N) is 2. The van der Waals surface area contributed by atoms with Crippen LogP contribution in [0.5, 0.6) is 5.75 Å². The monoisotopic (exact) mass is 528 g/mol. The van der Waals surface area contributed by atoms with Gasteiger partial charge >= 0.3 is 0 Å². The van der Waals surface area contributed by atoms with E-state index in [0.717, 1.165) is 37.6 Å². The molecule has 2 aromatic carbocycles. The summed E-state index contributed by atoms with van der Waals surface area (Å²) in [5.41, 5.74) is 2.21. The Balaban J connectivity index is 0.00000320. The van der Waals surface area contributed by atoms with Crippen molar-refractivity contribution in [2.24, 2.45) is 4.99 Å². The van der Waals surface area contributed by atoms with Crippen LogP contribution in [0.3, 0.4) is 0 Å². The van der Waals surface area contributed by atoms with E-state index in [1.165, 1.54) is 17.7 Å². The molecule has 0 radical (unpaired) electrons. The molecule has 3 rings (SSSR count). The quantitative estimate of drug-likeness (QED) is 0.329. The van der Waals surface area contributed by atoms with Gasteiger partial charge in [-0.2, -0.15) is 0 Å². The molecule has 0 bridgehead atoms. The zero-order valence-electron chi connectivity index (χ0n) is 17.4. The first-order valence-corrected chi connectivity index (χ1v) is 9.84. The van der Waals surface area contributed by atoms with Gasteiger partial charge in [-0.05, 0) is 35.4 Å². The number of ether oxygens (including phenoxy) is 2. The molecule has 1 atom stereocenters. The summed E-state index contributed by atoms with van der Waals surface area (Å²) in [5.74, 6) is 1.32. The Hall–Kier alpha value is -1.91. The van der Waals surface area contributed by atoms with E-state index in [2.05, 4.69) is 32.7 Å². The standard InChI is InChI=1S/C22H29FN4O2.HI/c1-24-22(25-15-17-3-7-19(23)8-4-17)26-16-21(27-11-13-29-14-12-27)18-5-9-20(28-2)10-6-18;/h3-10,21H,11-16H2,1-2H3,(H2,24,25,26);1H. The fourth-order valence-corrected chi connectivity index (χ4v) is 3.37. The maximum absolute atomic E-state index is 13.1. The number of hydrogen-bond acceptors (Lipinski definition) is 4. The van der Waals surface area contributed by atoms with Crippen LogP contribution in [0.1, 0.15) is 17.2 Å². The summed E-state index contributed by atoms with van der Waals surface area (Å²) in [6.07, 6.45) is 0. The summed E-state index contributed by atoms with van der Waals surface area (Å²) >= 11 is 0. The summed E-state index contributed by atoms with van der Waals surface area (Å²) in [5, 5.41) is 6.71. The normalized spacial score (nSPS) is 15.8. The molecule has 1 fully saturated rings. The van der Waals surface area contributed by atoms with E-state index >= 15 is 0 Å². The van der Waals surface area contributed by atoms with E-state index in [0.29, 0.717) is 19.0 Å². The highest BCUT2D eigenvalue weighted by molar-refractivity contribution is 14.0. The van der Waals surface area contributed by atoms with Crippen LogP contribution < -0.4 is 15.4 Å². The average Bonchev–Trinajstić information content (AvgIpc) is 2.78. The highest BCUT2D eigenvalue weighted by Crippen LogP contribution is 2.23. The molecule has 1 saturated heterocycles. The largest absolute Gasteiger partial charge is 0.497 e. The number of benzene rings is 2. The predicted molar refractivity (Wildman–Crippen MR) is 128 cm³/mol. The minimum Gasteiger partial charge on any atom is -0.497 e.